The average molecular weight is 323 g/mol. The molecule has 0 aliphatic carbocycles. The highest BCUT2D eigenvalue weighted by Gasteiger charge is 2.12. The van der Waals surface area contributed by atoms with Crippen molar-refractivity contribution in [3.05, 3.63) is 28.0 Å². The predicted octanol–water partition coefficient (Wildman–Crippen LogP) is 2.65. The highest BCUT2D eigenvalue weighted by Crippen LogP contribution is 2.27. The molecular formula is C11H9Cl2FN2O4. The molecule has 3 amide bonds. The van der Waals surface area contributed by atoms with Gasteiger partial charge in [-0.15, -0.1) is 0 Å². The van der Waals surface area contributed by atoms with Crippen LogP contribution in [0.3, 0.4) is 0 Å². The van der Waals surface area contributed by atoms with Crippen molar-refractivity contribution in [1.29, 1.82) is 0 Å². The molecule has 1 rings (SSSR count). The van der Waals surface area contributed by atoms with Gasteiger partial charge in [-0.05, 0) is 12.1 Å². The lowest BCUT2D eigenvalue weighted by Crippen LogP contribution is -2.34. The van der Waals surface area contributed by atoms with Gasteiger partial charge < -0.3 is 10.4 Å². The lowest BCUT2D eigenvalue weighted by molar-refractivity contribution is -0.138. The average Bonchev–Trinajstić information content (AvgIpc) is 2.33. The Balaban J connectivity index is 2.58. The van der Waals surface area contributed by atoms with Gasteiger partial charge in [0, 0.05) is 12.1 Å². The molecule has 0 bridgehead atoms. The normalized spacial score (nSPS) is 9.95. The third-order valence-corrected chi connectivity index (χ3v) is 2.61. The SMILES string of the molecule is O=C(O)CCC(=O)NC(=O)Nc1cc(Cl)c(F)c(Cl)c1. The number of carboxylic acid groups (broad SMARTS) is 1. The summed E-state index contributed by atoms with van der Waals surface area (Å²) in [4.78, 5) is 32.8. The van der Waals surface area contributed by atoms with Gasteiger partial charge in [0.05, 0.1) is 16.5 Å². The molecule has 0 aliphatic rings. The number of benzene rings is 1. The molecule has 6 nitrogen and oxygen atoms in total. The lowest BCUT2D eigenvalue weighted by Gasteiger charge is -2.08. The Kier molecular flexibility index (Phi) is 5.72. The minimum Gasteiger partial charge on any atom is -0.481 e. The van der Waals surface area contributed by atoms with Crippen molar-refractivity contribution in [2.45, 2.75) is 12.8 Å². The maximum Gasteiger partial charge on any atom is 0.325 e. The summed E-state index contributed by atoms with van der Waals surface area (Å²) < 4.78 is 13.1. The number of halogens is 3. The van der Waals surface area contributed by atoms with E-state index in [1.165, 1.54) is 0 Å². The van der Waals surface area contributed by atoms with Gasteiger partial charge in [-0.1, -0.05) is 23.2 Å². The Morgan fingerprint density at radius 3 is 2.20 bits per heavy atom. The molecule has 1 aromatic carbocycles. The lowest BCUT2D eigenvalue weighted by atomic mass is 10.3. The van der Waals surface area contributed by atoms with Gasteiger partial charge in [0.2, 0.25) is 5.91 Å². The maximum absolute atomic E-state index is 13.1. The van der Waals surface area contributed by atoms with Gasteiger partial charge in [-0.2, -0.15) is 0 Å². The van der Waals surface area contributed by atoms with Crippen LogP contribution in [0.5, 0.6) is 0 Å². The Hall–Kier alpha value is -1.86. The van der Waals surface area contributed by atoms with Crippen LogP contribution >= 0.6 is 23.2 Å². The standard InChI is InChI=1S/C11H9Cl2FN2O4/c12-6-3-5(4-7(13)10(6)14)15-11(20)16-8(17)1-2-9(18)19/h3-4H,1-2H2,(H,18,19)(H2,15,16,17,20). The maximum atomic E-state index is 13.1. The Morgan fingerprint density at radius 1 is 1.15 bits per heavy atom. The van der Waals surface area contributed by atoms with E-state index in [1.807, 2.05) is 5.32 Å². The third kappa shape index (κ3) is 5.02. The molecule has 20 heavy (non-hydrogen) atoms. The first kappa shape index (κ1) is 16.2. The summed E-state index contributed by atoms with van der Waals surface area (Å²) in [6.07, 6.45) is -0.735. The summed E-state index contributed by atoms with van der Waals surface area (Å²) in [5, 5.41) is 11.9. The molecule has 0 spiro atoms. The predicted molar refractivity (Wildman–Crippen MR) is 70.5 cm³/mol. The first-order chi connectivity index (χ1) is 9.29. The zero-order valence-electron chi connectivity index (χ0n) is 9.87. The van der Waals surface area contributed by atoms with Gasteiger partial charge in [0.1, 0.15) is 0 Å². The van der Waals surface area contributed by atoms with Crippen molar-refractivity contribution in [2.75, 3.05) is 5.32 Å². The molecule has 0 atom stereocenters. The van der Waals surface area contributed by atoms with Gasteiger partial charge >= 0.3 is 12.0 Å². The van der Waals surface area contributed by atoms with E-state index in [0.29, 0.717) is 0 Å². The second kappa shape index (κ2) is 7.06. The molecule has 0 aromatic heterocycles. The Labute approximate surface area is 122 Å². The van der Waals surface area contributed by atoms with E-state index < -0.39 is 30.1 Å². The van der Waals surface area contributed by atoms with E-state index in [9.17, 15) is 18.8 Å². The van der Waals surface area contributed by atoms with Crippen LogP contribution in [0, 0.1) is 5.82 Å². The van der Waals surface area contributed by atoms with Crippen molar-refractivity contribution >= 4 is 46.8 Å². The number of imide groups is 1. The molecule has 0 saturated carbocycles. The van der Waals surface area contributed by atoms with Gasteiger partial charge in [0.25, 0.3) is 0 Å². The summed E-state index contributed by atoms with van der Waals surface area (Å²) in [6.45, 7) is 0. The van der Waals surface area contributed by atoms with Crippen LogP contribution in [0.4, 0.5) is 14.9 Å². The minimum absolute atomic E-state index is 0.0879. The highest BCUT2D eigenvalue weighted by molar-refractivity contribution is 6.35. The van der Waals surface area contributed by atoms with Crippen LogP contribution in [0.15, 0.2) is 12.1 Å². The summed E-state index contributed by atoms with van der Waals surface area (Å²) >= 11 is 11.1. The van der Waals surface area contributed by atoms with Crippen LogP contribution in [-0.2, 0) is 9.59 Å². The molecule has 0 heterocycles. The fourth-order valence-corrected chi connectivity index (χ4v) is 1.69. The van der Waals surface area contributed by atoms with E-state index in [4.69, 9.17) is 28.3 Å². The first-order valence-corrected chi connectivity index (χ1v) is 6.02. The Morgan fingerprint density at radius 2 is 1.70 bits per heavy atom. The summed E-state index contributed by atoms with van der Waals surface area (Å²) in [5.74, 6) is -2.74. The van der Waals surface area contributed by atoms with Crippen LogP contribution in [-0.4, -0.2) is 23.0 Å². The van der Waals surface area contributed by atoms with E-state index in [1.54, 1.807) is 0 Å². The largest absolute Gasteiger partial charge is 0.481 e. The second-order valence-corrected chi connectivity index (χ2v) is 4.46. The van der Waals surface area contributed by atoms with Gasteiger partial charge in [0.15, 0.2) is 5.82 Å². The zero-order chi connectivity index (χ0) is 15.3. The number of hydrogen-bond donors (Lipinski definition) is 3. The Bertz CT molecular complexity index is 542. The van der Waals surface area contributed by atoms with Crippen LogP contribution in [0.2, 0.25) is 10.0 Å². The topological polar surface area (TPSA) is 95.5 Å². The van der Waals surface area contributed by atoms with Gasteiger partial charge in [-0.3, -0.25) is 14.9 Å². The number of amides is 3. The smallest absolute Gasteiger partial charge is 0.325 e. The molecule has 0 radical (unpaired) electrons. The van der Waals surface area contributed by atoms with Crippen molar-refractivity contribution in [2.24, 2.45) is 0 Å². The number of carbonyl (C=O) groups excluding carboxylic acids is 2. The number of urea groups is 1. The molecule has 1 aromatic rings. The van der Waals surface area contributed by atoms with Crippen molar-refractivity contribution < 1.29 is 23.9 Å². The molecule has 108 valence electrons. The molecule has 0 aliphatic heterocycles. The van der Waals surface area contributed by atoms with Crippen molar-refractivity contribution in [3.8, 4) is 0 Å². The number of hydrogen-bond acceptors (Lipinski definition) is 3. The number of carboxylic acids is 1. The molecule has 3 N–H and O–H groups in total. The van der Waals surface area contributed by atoms with E-state index in [0.717, 1.165) is 12.1 Å². The van der Waals surface area contributed by atoms with Crippen molar-refractivity contribution in [3.63, 3.8) is 0 Å². The zero-order valence-corrected chi connectivity index (χ0v) is 11.4. The molecule has 0 unspecified atom stereocenters. The molecule has 9 heteroatoms. The minimum atomic E-state index is -1.15. The monoisotopic (exact) mass is 322 g/mol. The summed E-state index contributed by atoms with van der Waals surface area (Å²) in [5.41, 5.74) is 0.0879. The van der Waals surface area contributed by atoms with E-state index in [2.05, 4.69) is 5.32 Å². The highest BCUT2D eigenvalue weighted by atomic mass is 35.5. The van der Waals surface area contributed by atoms with Crippen molar-refractivity contribution in [1.82, 2.24) is 5.32 Å². The fraction of sp³-hybridized carbons (Fsp3) is 0.182. The molecule has 0 fully saturated rings. The summed E-state index contributed by atoms with van der Waals surface area (Å²) in [6, 6.07) is 1.33. The molecule has 0 saturated heterocycles. The number of carbonyl (C=O) groups is 3. The number of anilines is 1. The van der Waals surface area contributed by atoms with Crippen LogP contribution in [0.1, 0.15) is 12.8 Å². The number of rotatable bonds is 4. The molecular weight excluding hydrogens is 314 g/mol. The van der Waals surface area contributed by atoms with E-state index >= 15 is 0 Å². The third-order valence-electron chi connectivity index (χ3n) is 2.06. The van der Waals surface area contributed by atoms with E-state index in [-0.39, 0.29) is 22.2 Å². The van der Waals surface area contributed by atoms with Crippen LogP contribution in [0.25, 0.3) is 0 Å². The first-order valence-electron chi connectivity index (χ1n) is 5.26. The second-order valence-electron chi connectivity index (χ2n) is 3.65. The summed E-state index contributed by atoms with van der Waals surface area (Å²) in [7, 11) is 0. The number of aliphatic carboxylic acids is 1. The number of nitrogens with one attached hydrogen (secondary N) is 2. The fourth-order valence-electron chi connectivity index (χ4n) is 1.20. The quantitative estimate of drug-likeness (QED) is 0.742. The van der Waals surface area contributed by atoms with Gasteiger partial charge in [-0.25, -0.2) is 9.18 Å². The van der Waals surface area contributed by atoms with Crippen LogP contribution < -0.4 is 10.6 Å².